The Balaban J connectivity index is 2.23. The van der Waals surface area contributed by atoms with Crippen LogP contribution in [0.25, 0.3) is 0 Å². The van der Waals surface area contributed by atoms with E-state index in [0.717, 1.165) is 6.26 Å². The van der Waals surface area contributed by atoms with Crippen molar-refractivity contribution in [3.05, 3.63) is 24.3 Å². The quantitative estimate of drug-likeness (QED) is 0.775. The predicted octanol–water partition coefficient (Wildman–Crippen LogP) is 0.333. The molecule has 0 atom stereocenters. The van der Waals surface area contributed by atoms with Crippen LogP contribution in [0.4, 0.5) is 0 Å². The van der Waals surface area contributed by atoms with Crippen LogP contribution in [0.5, 0.6) is 0 Å². The molecule has 0 unspecified atom stereocenters. The van der Waals surface area contributed by atoms with E-state index < -0.39 is 19.9 Å². The second-order valence-electron chi connectivity index (χ2n) is 5.51. The molecular formula is C14H20N2O5S2. The second kappa shape index (κ2) is 6.58. The highest BCUT2D eigenvalue weighted by Gasteiger charge is 2.27. The number of carbonyl (C=O) groups is 1. The summed E-state index contributed by atoms with van der Waals surface area (Å²) in [6.45, 7) is 2.92. The maximum atomic E-state index is 12.7. The lowest BCUT2D eigenvalue weighted by atomic mass is 10.4. The van der Waals surface area contributed by atoms with Crippen molar-refractivity contribution in [2.75, 3.05) is 32.4 Å². The second-order valence-corrected chi connectivity index (χ2v) is 9.46. The van der Waals surface area contributed by atoms with Gasteiger partial charge in [0.25, 0.3) is 0 Å². The molecule has 7 nitrogen and oxygen atoms in total. The zero-order valence-corrected chi connectivity index (χ0v) is 14.7. The molecule has 1 heterocycles. The van der Waals surface area contributed by atoms with Gasteiger partial charge in [-0.25, -0.2) is 16.8 Å². The van der Waals surface area contributed by atoms with Gasteiger partial charge in [0, 0.05) is 39.4 Å². The monoisotopic (exact) mass is 360 g/mol. The largest absolute Gasteiger partial charge is 0.342 e. The van der Waals surface area contributed by atoms with Crippen LogP contribution in [0.3, 0.4) is 0 Å². The average molecular weight is 360 g/mol. The molecule has 0 bridgehead atoms. The van der Waals surface area contributed by atoms with Crippen molar-refractivity contribution < 1.29 is 21.6 Å². The Hall–Kier alpha value is -1.45. The van der Waals surface area contributed by atoms with Gasteiger partial charge in [-0.3, -0.25) is 4.79 Å². The summed E-state index contributed by atoms with van der Waals surface area (Å²) in [5.41, 5.74) is 0. The van der Waals surface area contributed by atoms with Gasteiger partial charge >= 0.3 is 0 Å². The molecule has 1 aliphatic heterocycles. The first-order chi connectivity index (χ1) is 10.6. The van der Waals surface area contributed by atoms with Gasteiger partial charge in [-0.05, 0) is 30.7 Å². The van der Waals surface area contributed by atoms with Crippen LogP contribution in [0.2, 0.25) is 0 Å². The third-order valence-electron chi connectivity index (χ3n) is 3.79. The van der Waals surface area contributed by atoms with Gasteiger partial charge in [0.15, 0.2) is 9.84 Å². The van der Waals surface area contributed by atoms with E-state index in [4.69, 9.17) is 0 Å². The highest BCUT2D eigenvalue weighted by atomic mass is 32.2. The van der Waals surface area contributed by atoms with Crippen molar-refractivity contribution in [2.24, 2.45) is 0 Å². The summed E-state index contributed by atoms with van der Waals surface area (Å²) < 4.78 is 49.5. The molecule has 0 aromatic heterocycles. The van der Waals surface area contributed by atoms with Crippen LogP contribution < -0.4 is 0 Å². The van der Waals surface area contributed by atoms with E-state index in [1.165, 1.54) is 35.5 Å². The van der Waals surface area contributed by atoms with Crippen molar-refractivity contribution in [3.63, 3.8) is 0 Å². The van der Waals surface area contributed by atoms with E-state index >= 15 is 0 Å². The fourth-order valence-electron chi connectivity index (χ4n) is 2.46. The lowest BCUT2D eigenvalue weighted by Gasteiger charge is -2.21. The van der Waals surface area contributed by atoms with Gasteiger partial charge < -0.3 is 4.90 Å². The highest BCUT2D eigenvalue weighted by Crippen LogP contribution is 2.20. The Labute approximate surface area is 136 Å². The van der Waals surface area contributed by atoms with Gasteiger partial charge in [-0.1, -0.05) is 0 Å². The van der Waals surface area contributed by atoms with Crippen LogP contribution in [0.15, 0.2) is 34.1 Å². The molecule has 128 valence electrons. The van der Waals surface area contributed by atoms with Crippen molar-refractivity contribution in [1.29, 1.82) is 0 Å². The number of sulfonamides is 1. The number of carbonyl (C=O) groups excluding carboxylic acids is 1. The summed E-state index contributed by atoms with van der Waals surface area (Å²) >= 11 is 0. The lowest BCUT2D eigenvalue weighted by Crippen LogP contribution is -2.36. The topological polar surface area (TPSA) is 91.8 Å². The maximum Gasteiger partial charge on any atom is 0.243 e. The minimum Gasteiger partial charge on any atom is -0.342 e. The fraction of sp³-hybridized carbons (Fsp3) is 0.500. The number of hydrogen-bond acceptors (Lipinski definition) is 5. The summed E-state index contributed by atoms with van der Waals surface area (Å²) in [7, 11) is -7.06. The Bertz CT molecular complexity index is 785. The number of sulfone groups is 1. The molecule has 0 aliphatic carbocycles. The molecule has 0 saturated carbocycles. The molecule has 0 spiro atoms. The molecule has 0 N–H and O–H groups in total. The third-order valence-corrected chi connectivity index (χ3v) is 6.83. The minimum absolute atomic E-state index is 0.0566. The number of hydrogen-bond donors (Lipinski definition) is 0. The molecule has 1 amide bonds. The smallest absolute Gasteiger partial charge is 0.243 e. The first-order valence-electron chi connectivity index (χ1n) is 7.18. The SMILES string of the molecule is CC(=O)N1CCCN(S(=O)(=O)c2ccc(S(C)(=O)=O)cc2)CC1. The van der Waals surface area contributed by atoms with Gasteiger partial charge in [0.05, 0.1) is 9.79 Å². The van der Waals surface area contributed by atoms with Crippen LogP contribution in [-0.4, -0.2) is 64.4 Å². The third kappa shape index (κ3) is 4.10. The highest BCUT2D eigenvalue weighted by molar-refractivity contribution is 7.90. The van der Waals surface area contributed by atoms with Crippen molar-refractivity contribution in [1.82, 2.24) is 9.21 Å². The summed E-state index contributed by atoms with van der Waals surface area (Å²) in [4.78, 5) is 13.2. The molecule has 23 heavy (non-hydrogen) atoms. The van der Waals surface area contributed by atoms with Crippen molar-refractivity contribution in [2.45, 2.75) is 23.1 Å². The van der Waals surface area contributed by atoms with Gasteiger partial charge in [-0.2, -0.15) is 4.31 Å². The lowest BCUT2D eigenvalue weighted by molar-refractivity contribution is -0.128. The summed E-state index contributed by atoms with van der Waals surface area (Å²) in [5, 5.41) is 0. The zero-order chi connectivity index (χ0) is 17.3. The summed E-state index contributed by atoms with van der Waals surface area (Å²) in [6.07, 6.45) is 1.64. The van der Waals surface area contributed by atoms with E-state index in [2.05, 4.69) is 0 Å². The van der Waals surface area contributed by atoms with Crippen LogP contribution >= 0.6 is 0 Å². The molecule has 0 radical (unpaired) electrons. The Morgan fingerprint density at radius 1 is 0.913 bits per heavy atom. The van der Waals surface area contributed by atoms with E-state index in [1.807, 2.05) is 0 Å². The molecule has 1 fully saturated rings. The van der Waals surface area contributed by atoms with E-state index in [9.17, 15) is 21.6 Å². The number of rotatable bonds is 3. The van der Waals surface area contributed by atoms with Gasteiger partial charge in [0.1, 0.15) is 0 Å². The van der Waals surface area contributed by atoms with Crippen LogP contribution in [0, 0.1) is 0 Å². The number of amides is 1. The van der Waals surface area contributed by atoms with E-state index in [0.29, 0.717) is 26.1 Å². The normalized spacial score (nSPS) is 17.7. The first-order valence-corrected chi connectivity index (χ1v) is 10.5. The fourth-order valence-corrected chi connectivity index (χ4v) is 4.56. The Kier molecular flexibility index (Phi) is 5.12. The first kappa shape index (κ1) is 17.9. The van der Waals surface area contributed by atoms with Crippen LogP contribution in [-0.2, 0) is 24.7 Å². The Morgan fingerprint density at radius 3 is 2.00 bits per heavy atom. The molecule has 1 aromatic carbocycles. The Morgan fingerprint density at radius 2 is 1.48 bits per heavy atom. The standard InChI is InChI=1S/C14H20N2O5S2/c1-12(17)15-8-3-9-16(11-10-15)23(20,21)14-6-4-13(5-7-14)22(2,18)19/h4-7H,3,8-11H2,1-2H3. The van der Waals surface area contributed by atoms with E-state index in [-0.39, 0.29) is 22.2 Å². The van der Waals surface area contributed by atoms with Crippen LogP contribution in [0.1, 0.15) is 13.3 Å². The van der Waals surface area contributed by atoms with Gasteiger partial charge in [0.2, 0.25) is 15.9 Å². The van der Waals surface area contributed by atoms with E-state index in [1.54, 1.807) is 4.90 Å². The maximum absolute atomic E-state index is 12.7. The molecule has 1 saturated heterocycles. The molecule has 1 aromatic rings. The minimum atomic E-state index is -3.70. The van der Waals surface area contributed by atoms with Crippen molar-refractivity contribution >= 4 is 25.8 Å². The number of benzene rings is 1. The predicted molar refractivity (Wildman–Crippen MR) is 85.2 cm³/mol. The number of nitrogens with zero attached hydrogens (tertiary/aromatic N) is 2. The molecule has 9 heteroatoms. The van der Waals surface area contributed by atoms with Crippen molar-refractivity contribution in [3.8, 4) is 0 Å². The zero-order valence-electron chi connectivity index (χ0n) is 13.1. The summed E-state index contributed by atoms with van der Waals surface area (Å²) in [5.74, 6) is -0.0678. The molecule has 1 aliphatic rings. The average Bonchev–Trinajstić information content (AvgIpc) is 2.73. The van der Waals surface area contributed by atoms with Gasteiger partial charge in [-0.15, -0.1) is 0 Å². The summed E-state index contributed by atoms with van der Waals surface area (Å²) in [6, 6.07) is 5.20. The molecular weight excluding hydrogens is 340 g/mol. The molecule has 2 rings (SSSR count).